The summed E-state index contributed by atoms with van der Waals surface area (Å²) in [6.07, 6.45) is 27.2. The normalized spacial score (nSPS) is 13.5. The lowest BCUT2D eigenvalue weighted by molar-refractivity contribution is -0.149. The Kier molecular flexibility index (Phi) is 20.9. The van der Waals surface area contributed by atoms with E-state index >= 15 is 0 Å². The fourth-order valence-corrected chi connectivity index (χ4v) is 5.69. The maximum absolute atomic E-state index is 12.6. The molecule has 0 saturated heterocycles. The van der Waals surface area contributed by atoms with E-state index in [1.54, 1.807) is 12.5 Å². The maximum atomic E-state index is 12.6. The fraction of sp³-hybridized carbons (Fsp3) is 0.806. The number of hydrogen-bond donors (Lipinski definition) is 2. The second kappa shape index (κ2) is 24.4. The van der Waals surface area contributed by atoms with Crippen molar-refractivity contribution < 1.29 is 19.1 Å². The van der Waals surface area contributed by atoms with Gasteiger partial charge in [0.05, 0.1) is 25.7 Å². The Labute approximate surface area is 278 Å². The summed E-state index contributed by atoms with van der Waals surface area (Å²) in [5.41, 5.74) is 13.1. The molecule has 2 rings (SSSR count). The molecule has 0 aliphatic heterocycles. The van der Waals surface area contributed by atoms with Crippen LogP contribution in [0.2, 0.25) is 0 Å². The molecule has 2 heterocycles. The molecule has 2 aromatic heterocycles. The van der Waals surface area contributed by atoms with Crippen LogP contribution in [0.5, 0.6) is 0 Å². The molecule has 0 radical (unpaired) electrons. The number of rotatable bonds is 28. The highest BCUT2D eigenvalue weighted by atomic mass is 16.5. The molecule has 0 fully saturated rings. The number of esters is 2. The van der Waals surface area contributed by atoms with Gasteiger partial charge in [-0.1, -0.05) is 130 Å². The van der Waals surface area contributed by atoms with Crippen LogP contribution >= 0.6 is 0 Å². The van der Waals surface area contributed by atoms with E-state index in [1.807, 2.05) is 18.4 Å². The number of imidazole rings is 1. The van der Waals surface area contributed by atoms with Crippen molar-refractivity contribution in [2.24, 2.45) is 17.6 Å². The first kappa shape index (κ1) is 39.4. The van der Waals surface area contributed by atoms with Gasteiger partial charge in [0.1, 0.15) is 11.6 Å². The van der Waals surface area contributed by atoms with E-state index in [0.717, 1.165) is 25.7 Å². The Hall–Kier alpha value is -2.75. The summed E-state index contributed by atoms with van der Waals surface area (Å²) < 4.78 is 13.0. The minimum atomic E-state index is -0.650. The number of ether oxygens (including phenoxy) is 2. The monoisotopic (exact) mass is 644 g/mol. The van der Waals surface area contributed by atoms with Gasteiger partial charge in [-0.3, -0.25) is 9.59 Å². The van der Waals surface area contributed by atoms with Crippen LogP contribution in [-0.4, -0.2) is 50.7 Å². The lowest BCUT2D eigenvalue weighted by Crippen LogP contribution is -2.38. The molecular formula is C36H64N6O4. The molecule has 10 heteroatoms. The molecule has 3 atom stereocenters. The zero-order chi connectivity index (χ0) is 33.4. The molecule has 0 amide bonds. The summed E-state index contributed by atoms with van der Waals surface area (Å²) in [6.45, 7) is 7.09. The Morgan fingerprint density at radius 3 is 1.96 bits per heavy atom. The molecule has 46 heavy (non-hydrogen) atoms. The maximum Gasteiger partial charge on any atom is 0.323 e. The smallest absolute Gasteiger partial charge is 0.323 e. The Bertz CT molecular complexity index is 1090. The number of nitrogen functional groups attached to an aromatic ring is 1. The summed E-state index contributed by atoms with van der Waals surface area (Å²) in [5, 5.41) is 0. The predicted molar refractivity (Wildman–Crippen MR) is 186 cm³/mol. The second-order valence-electron chi connectivity index (χ2n) is 13.2. The number of nitrogens with zero attached hydrogens (tertiary/aromatic N) is 4. The number of unbranched alkanes of at least 4 members (excludes halogenated alkanes) is 16. The molecule has 0 aliphatic rings. The average Bonchev–Trinajstić information content (AvgIpc) is 3.45. The van der Waals surface area contributed by atoms with E-state index < -0.39 is 12.0 Å². The number of nitrogens with two attached hydrogens (primary N) is 2. The second-order valence-corrected chi connectivity index (χ2v) is 13.2. The van der Waals surface area contributed by atoms with Gasteiger partial charge in [0.15, 0.2) is 5.65 Å². The van der Waals surface area contributed by atoms with E-state index in [0.29, 0.717) is 30.6 Å². The Morgan fingerprint density at radius 2 is 1.39 bits per heavy atom. The van der Waals surface area contributed by atoms with Gasteiger partial charge < -0.3 is 25.5 Å². The molecule has 4 N–H and O–H groups in total. The van der Waals surface area contributed by atoms with Crippen LogP contribution in [0.3, 0.4) is 0 Å². The topological polar surface area (TPSA) is 148 Å². The fourth-order valence-electron chi connectivity index (χ4n) is 5.69. The van der Waals surface area contributed by atoms with Crippen molar-refractivity contribution in [3.63, 3.8) is 0 Å². The zero-order valence-corrected chi connectivity index (χ0v) is 29.2. The van der Waals surface area contributed by atoms with E-state index in [2.05, 4.69) is 21.9 Å². The first-order chi connectivity index (χ1) is 22.3. The SMILES string of the molecule is CCCCCCCCCCCCCCCCCCCC(=O)OC[C@H](CCOC(=O)[C@@H](N)C(C)CC)Cn1cnc2cnc(N)nc21. The zero-order valence-electron chi connectivity index (χ0n) is 29.2. The van der Waals surface area contributed by atoms with E-state index in [-0.39, 0.29) is 37.0 Å². The van der Waals surface area contributed by atoms with Gasteiger partial charge in [-0.25, -0.2) is 9.97 Å². The highest BCUT2D eigenvalue weighted by Gasteiger charge is 2.22. The highest BCUT2D eigenvalue weighted by Crippen LogP contribution is 2.17. The third-order valence-corrected chi connectivity index (χ3v) is 9.10. The number of aromatic nitrogens is 4. The minimum Gasteiger partial charge on any atom is -0.465 e. The number of carbonyl (C=O) groups excluding carboxylic acids is 2. The molecule has 0 aliphatic carbocycles. The van der Waals surface area contributed by atoms with Gasteiger partial charge in [0, 0.05) is 18.9 Å². The average molecular weight is 645 g/mol. The molecule has 1 unspecified atom stereocenters. The summed E-state index contributed by atoms with van der Waals surface area (Å²) >= 11 is 0. The lowest BCUT2D eigenvalue weighted by atomic mass is 10.0. The molecule has 0 spiro atoms. The minimum absolute atomic E-state index is 0.0427. The van der Waals surface area contributed by atoms with E-state index in [4.69, 9.17) is 20.9 Å². The molecule has 262 valence electrons. The van der Waals surface area contributed by atoms with Gasteiger partial charge in [-0.2, -0.15) is 4.98 Å². The lowest BCUT2D eigenvalue weighted by Gasteiger charge is -2.20. The van der Waals surface area contributed by atoms with Crippen molar-refractivity contribution in [2.45, 2.75) is 162 Å². The van der Waals surface area contributed by atoms with Gasteiger partial charge >= 0.3 is 11.9 Å². The quantitative estimate of drug-likeness (QED) is 0.0696. The summed E-state index contributed by atoms with van der Waals surface area (Å²) in [7, 11) is 0. The van der Waals surface area contributed by atoms with Crippen LogP contribution in [0.15, 0.2) is 12.5 Å². The standard InChI is InChI=1S/C36H64N6O4/c1-4-6-7-8-9-10-11-12-13-14-15-16-17-18-19-20-21-22-32(43)46-27-30(23-24-45-35(44)33(37)29(3)5-2)26-42-28-40-31-25-39-36(38)41-34(31)42/h25,28-30,33H,4-24,26-27,37H2,1-3H3,(H2,38,39,41)/t29?,30-,33+/m1/s1. The third-order valence-electron chi connectivity index (χ3n) is 9.10. The Morgan fingerprint density at radius 1 is 0.826 bits per heavy atom. The van der Waals surface area contributed by atoms with Crippen LogP contribution in [0, 0.1) is 11.8 Å². The summed E-state index contributed by atoms with van der Waals surface area (Å²) in [4.78, 5) is 37.6. The van der Waals surface area contributed by atoms with Crippen molar-refractivity contribution >= 4 is 29.1 Å². The number of fused-ring (bicyclic) bond motifs is 1. The molecule has 0 bridgehead atoms. The number of anilines is 1. The van der Waals surface area contributed by atoms with Crippen LogP contribution in [-0.2, 0) is 25.6 Å². The van der Waals surface area contributed by atoms with E-state index in [1.165, 1.54) is 89.9 Å². The van der Waals surface area contributed by atoms with Crippen LogP contribution in [0.1, 0.15) is 149 Å². The summed E-state index contributed by atoms with van der Waals surface area (Å²) in [5.74, 6) is -0.498. The van der Waals surface area contributed by atoms with Crippen molar-refractivity contribution in [1.82, 2.24) is 19.5 Å². The van der Waals surface area contributed by atoms with Crippen molar-refractivity contribution in [3.8, 4) is 0 Å². The molecular weight excluding hydrogens is 580 g/mol. The van der Waals surface area contributed by atoms with E-state index in [9.17, 15) is 9.59 Å². The van der Waals surface area contributed by atoms with Crippen LogP contribution in [0.25, 0.3) is 11.2 Å². The van der Waals surface area contributed by atoms with Gasteiger partial charge in [0.25, 0.3) is 0 Å². The summed E-state index contributed by atoms with van der Waals surface area (Å²) in [6, 6.07) is -0.650. The van der Waals surface area contributed by atoms with Crippen molar-refractivity contribution in [1.29, 1.82) is 0 Å². The largest absolute Gasteiger partial charge is 0.465 e. The Balaban J connectivity index is 1.61. The van der Waals surface area contributed by atoms with Gasteiger partial charge in [-0.05, 0) is 18.8 Å². The van der Waals surface area contributed by atoms with Crippen LogP contribution < -0.4 is 11.5 Å². The van der Waals surface area contributed by atoms with Gasteiger partial charge in [-0.15, -0.1) is 0 Å². The molecule has 10 nitrogen and oxygen atoms in total. The predicted octanol–water partition coefficient (Wildman–Crippen LogP) is 7.92. The first-order valence-electron chi connectivity index (χ1n) is 18.4. The molecule has 2 aromatic rings. The van der Waals surface area contributed by atoms with Crippen molar-refractivity contribution in [3.05, 3.63) is 12.5 Å². The number of carbonyl (C=O) groups is 2. The van der Waals surface area contributed by atoms with Crippen molar-refractivity contribution in [2.75, 3.05) is 18.9 Å². The number of hydrogen-bond acceptors (Lipinski definition) is 9. The first-order valence-corrected chi connectivity index (χ1v) is 18.4. The highest BCUT2D eigenvalue weighted by molar-refractivity contribution is 5.75. The molecule has 0 saturated carbocycles. The van der Waals surface area contributed by atoms with Crippen LogP contribution in [0.4, 0.5) is 5.95 Å². The third kappa shape index (κ3) is 16.7. The van der Waals surface area contributed by atoms with Gasteiger partial charge in [0.2, 0.25) is 5.95 Å². The molecule has 0 aromatic carbocycles.